The molecule has 0 radical (unpaired) electrons. The van der Waals surface area contributed by atoms with E-state index < -0.39 is 17.7 Å². The van der Waals surface area contributed by atoms with E-state index in [9.17, 15) is 23.1 Å². The van der Waals surface area contributed by atoms with E-state index in [1.165, 1.54) is 24.4 Å². The third kappa shape index (κ3) is 2.86. The summed E-state index contributed by atoms with van der Waals surface area (Å²) in [5, 5.41) is 9.23. The van der Waals surface area contributed by atoms with Crippen LogP contribution in [0.2, 0.25) is 0 Å². The number of aromatic carboxylic acids is 1. The molecule has 0 spiro atoms. The van der Waals surface area contributed by atoms with Crippen molar-refractivity contribution in [3.8, 4) is 0 Å². The monoisotopic (exact) mass is 322 g/mol. The Morgan fingerprint density at radius 1 is 1.22 bits per heavy atom. The van der Waals surface area contributed by atoms with Gasteiger partial charge in [-0.25, -0.2) is 9.78 Å². The highest BCUT2D eigenvalue weighted by molar-refractivity contribution is 5.93. The zero-order valence-electron chi connectivity index (χ0n) is 12.0. The third-order valence-electron chi connectivity index (χ3n) is 3.90. The predicted molar refractivity (Wildman–Crippen MR) is 77.4 cm³/mol. The van der Waals surface area contributed by atoms with Crippen molar-refractivity contribution >= 4 is 11.8 Å². The number of pyridine rings is 1. The van der Waals surface area contributed by atoms with Gasteiger partial charge in [-0.15, -0.1) is 0 Å². The van der Waals surface area contributed by atoms with Crippen LogP contribution in [0.4, 0.5) is 19.0 Å². The third-order valence-corrected chi connectivity index (χ3v) is 3.90. The molecule has 0 bridgehead atoms. The van der Waals surface area contributed by atoms with Gasteiger partial charge in [0.05, 0.1) is 5.56 Å². The highest BCUT2D eigenvalue weighted by Crippen LogP contribution is 2.36. The van der Waals surface area contributed by atoms with Crippen molar-refractivity contribution in [2.24, 2.45) is 0 Å². The van der Waals surface area contributed by atoms with Gasteiger partial charge in [-0.3, -0.25) is 0 Å². The van der Waals surface area contributed by atoms with Crippen molar-refractivity contribution in [2.75, 3.05) is 11.4 Å². The lowest BCUT2D eigenvalue weighted by Gasteiger charge is -2.32. The summed E-state index contributed by atoms with van der Waals surface area (Å²) in [4.78, 5) is 16.9. The molecule has 0 aliphatic carbocycles. The number of benzene rings is 1. The van der Waals surface area contributed by atoms with Crippen molar-refractivity contribution in [1.29, 1.82) is 0 Å². The number of nitrogens with zero attached hydrogens (tertiary/aromatic N) is 2. The molecule has 0 fully saturated rings. The van der Waals surface area contributed by atoms with Gasteiger partial charge >= 0.3 is 12.1 Å². The Labute approximate surface area is 130 Å². The van der Waals surface area contributed by atoms with Crippen molar-refractivity contribution in [3.05, 3.63) is 58.8 Å². The molecule has 0 amide bonds. The quantitative estimate of drug-likeness (QED) is 0.921. The molecule has 2 heterocycles. The average Bonchev–Trinajstić information content (AvgIpc) is 2.52. The Morgan fingerprint density at radius 2 is 2.00 bits per heavy atom. The van der Waals surface area contributed by atoms with E-state index in [1.54, 1.807) is 11.0 Å². The van der Waals surface area contributed by atoms with Crippen LogP contribution in [0.3, 0.4) is 0 Å². The molecule has 4 nitrogen and oxygen atoms in total. The van der Waals surface area contributed by atoms with Crippen LogP contribution in [0.15, 0.2) is 36.5 Å². The molecular weight excluding hydrogens is 309 g/mol. The largest absolute Gasteiger partial charge is 0.478 e. The Hall–Kier alpha value is -2.57. The van der Waals surface area contributed by atoms with E-state index in [4.69, 9.17) is 0 Å². The van der Waals surface area contributed by atoms with Crippen molar-refractivity contribution in [2.45, 2.75) is 19.1 Å². The maximum Gasteiger partial charge on any atom is 0.416 e. The predicted octanol–water partition coefficient (Wildman–Crippen LogP) is 3.36. The fourth-order valence-corrected chi connectivity index (χ4v) is 2.84. The first-order chi connectivity index (χ1) is 10.9. The Morgan fingerprint density at radius 3 is 2.70 bits per heavy atom. The van der Waals surface area contributed by atoms with E-state index in [-0.39, 0.29) is 23.5 Å². The number of hydrogen-bond acceptors (Lipinski definition) is 3. The summed E-state index contributed by atoms with van der Waals surface area (Å²) in [6, 6.07) is 7.03. The maximum atomic E-state index is 13.2. The van der Waals surface area contributed by atoms with Gasteiger partial charge in [0.15, 0.2) is 0 Å². The van der Waals surface area contributed by atoms with Crippen molar-refractivity contribution in [1.82, 2.24) is 4.98 Å². The molecule has 0 unspecified atom stereocenters. The summed E-state index contributed by atoms with van der Waals surface area (Å²) < 4.78 is 39.6. The van der Waals surface area contributed by atoms with E-state index in [2.05, 4.69) is 4.98 Å². The Kier molecular flexibility index (Phi) is 3.71. The lowest BCUT2D eigenvalue weighted by molar-refractivity contribution is -0.138. The van der Waals surface area contributed by atoms with Crippen LogP contribution in [0.25, 0.3) is 0 Å². The second-order valence-corrected chi connectivity index (χ2v) is 5.29. The van der Waals surface area contributed by atoms with Crippen LogP contribution in [-0.2, 0) is 19.1 Å². The number of fused-ring (bicyclic) bond motifs is 1. The zero-order chi connectivity index (χ0) is 16.6. The molecule has 3 rings (SSSR count). The first kappa shape index (κ1) is 15.3. The van der Waals surface area contributed by atoms with Gasteiger partial charge in [0.25, 0.3) is 0 Å². The van der Waals surface area contributed by atoms with Gasteiger partial charge in [0.2, 0.25) is 0 Å². The number of anilines is 1. The molecule has 0 saturated heterocycles. The first-order valence-electron chi connectivity index (χ1n) is 6.99. The SMILES string of the molecule is O=C(O)c1cccnc1N1CCc2cccc(C(F)(F)F)c2C1. The second-order valence-electron chi connectivity index (χ2n) is 5.29. The number of alkyl halides is 3. The van der Waals surface area contributed by atoms with Crippen LogP contribution in [-0.4, -0.2) is 22.6 Å². The second kappa shape index (κ2) is 5.57. The van der Waals surface area contributed by atoms with Crippen LogP contribution >= 0.6 is 0 Å². The molecule has 0 saturated carbocycles. The number of rotatable bonds is 2. The van der Waals surface area contributed by atoms with Gasteiger partial charge in [-0.2, -0.15) is 13.2 Å². The highest BCUT2D eigenvalue weighted by Gasteiger charge is 2.36. The highest BCUT2D eigenvalue weighted by atomic mass is 19.4. The summed E-state index contributed by atoms with van der Waals surface area (Å²) in [6.45, 7) is 0.411. The molecule has 1 N–H and O–H groups in total. The Bertz CT molecular complexity index is 759. The minimum atomic E-state index is -4.44. The summed E-state index contributed by atoms with van der Waals surface area (Å²) in [7, 11) is 0. The molecule has 7 heteroatoms. The average molecular weight is 322 g/mol. The number of carboxylic acid groups (broad SMARTS) is 1. The smallest absolute Gasteiger partial charge is 0.416 e. The molecule has 120 valence electrons. The molecule has 1 aliphatic rings. The lowest BCUT2D eigenvalue weighted by atomic mass is 9.94. The van der Waals surface area contributed by atoms with Crippen molar-refractivity contribution < 1.29 is 23.1 Å². The molecule has 1 aromatic carbocycles. The van der Waals surface area contributed by atoms with E-state index in [0.29, 0.717) is 18.5 Å². The lowest BCUT2D eigenvalue weighted by Crippen LogP contribution is -2.33. The minimum absolute atomic E-state index is 0.0116. The van der Waals surface area contributed by atoms with Gasteiger partial charge in [-0.05, 0) is 35.7 Å². The summed E-state index contributed by atoms with van der Waals surface area (Å²) >= 11 is 0. The van der Waals surface area contributed by atoms with Crippen LogP contribution in [0.1, 0.15) is 27.0 Å². The number of aromatic nitrogens is 1. The van der Waals surface area contributed by atoms with Crippen LogP contribution in [0, 0.1) is 0 Å². The number of halogens is 3. The molecule has 0 atom stereocenters. The normalized spacial score (nSPS) is 14.5. The summed E-state index contributed by atoms with van der Waals surface area (Å²) in [5.41, 5.74) is 0.144. The fourth-order valence-electron chi connectivity index (χ4n) is 2.84. The topological polar surface area (TPSA) is 53.4 Å². The van der Waals surface area contributed by atoms with Crippen molar-refractivity contribution in [3.63, 3.8) is 0 Å². The minimum Gasteiger partial charge on any atom is -0.478 e. The Balaban J connectivity index is 2.02. The van der Waals surface area contributed by atoms with E-state index in [0.717, 1.165) is 6.07 Å². The molecule has 1 aliphatic heterocycles. The molecule has 2 aromatic rings. The summed E-state index contributed by atoms with van der Waals surface area (Å²) in [5.74, 6) is -0.953. The van der Waals surface area contributed by atoms with Gasteiger partial charge < -0.3 is 10.0 Å². The molecule has 1 aromatic heterocycles. The van der Waals surface area contributed by atoms with Crippen LogP contribution < -0.4 is 4.90 Å². The maximum absolute atomic E-state index is 13.2. The van der Waals surface area contributed by atoms with Gasteiger partial charge in [0.1, 0.15) is 11.4 Å². The molecular formula is C16H13F3N2O2. The van der Waals surface area contributed by atoms with Gasteiger partial charge in [0, 0.05) is 19.3 Å². The van der Waals surface area contributed by atoms with Crippen LogP contribution in [0.5, 0.6) is 0 Å². The number of hydrogen-bond donors (Lipinski definition) is 1. The number of carboxylic acids is 1. The standard InChI is InChI=1S/C16H13F3N2O2/c17-16(18,19)13-5-1-3-10-6-8-21(9-12(10)13)14-11(15(22)23)4-2-7-20-14/h1-5,7H,6,8-9H2,(H,22,23). The van der Waals surface area contributed by atoms with E-state index in [1.807, 2.05) is 0 Å². The first-order valence-corrected chi connectivity index (χ1v) is 6.99. The zero-order valence-corrected chi connectivity index (χ0v) is 12.0. The number of carbonyl (C=O) groups is 1. The molecule has 23 heavy (non-hydrogen) atoms. The fraction of sp³-hybridized carbons (Fsp3) is 0.250. The van der Waals surface area contributed by atoms with E-state index >= 15 is 0 Å². The summed E-state index contributed by atoms with van der Waals surface area (Å²) in [6.07, 6.45) is -2.59. The van der Waals surface area contributed by atoms with Gasteiger partial charge in [-0.1, -0.05) is 12.1 Å².